The van der Waals surface area contributed by atoms with Crippen LogP contribution in [0.3, 0.4) is 0 Å². The summed E-state index contributed by atoms with van der Waals surface area (Å²) in [5.41, 5.74) is 4.93. The molecule has 1 aliphatic heterocycles. The third-order valence-corrected chi connectivity index (χ3v) is 6.43. The van der Waals surface area contributed by atoms with Crippen LogP contribution in [-0.4, -0.2) is 26.8 Å². The van der Waals surface area contributed by atoms with Crippen LogP contribution >= 0.6 is 23.8 Å². The summed E-state index contributed by atoms with van der Waals surface area (Å²) < 4.78 is 7.56. The number of anilines is 1. The van der Waals surface area contributed by atoms with Crippen molar-refractivity contribution in [1.82, 2.24) is 19.9 Å². The Morgan fingerprint density at radius 3 is 2.61 bits per heavy atom. The highest BCUT2D eigenvalue weighted by Crippen LogP contribution is 2.44. The maximum atomic E-state index is 6.49. The zero-order valence-corrected chi connectivity index (χ0v) is 19.7. The highest BCUT2D eigenvalue weighted by molar-refractivity contribution is 7.80. The minimum atomic E-state index is -0.175. The molecule has 5 rings (SSSR count). The monoisotopic (exact) mass is 475 g/mol. The molecule has 1 aromatic carbocycles. The first-order chi connectivity index (χ1) is 16.1. The molecule has 33 heavy (non-hydrogen) atoms. The van der Waals surface area contributed by atoms with E-state index in [9.17, 15) is 0 Å². The van der Waals surface area contributed by atoms with Crippen LogP contribution in [0.15, 0.2) is 79.3 Å². The number of aromatic nitrogens is 3. The van der Waals surface area contributed by atoms with Gasteiger partial charge in [-0.05, 0) is 73.7 Å². The molecule has 2 unspecified atom stereocenters. The lowest BCUT2D eigenvalue weighted by Crippen LogP contribution is -2.30. The Labute approximate surface area is 202 Å². The van der Waals surface area contributed by atoms with E-state index < -0.39 is 0 Å². The normalized spacial score (nSPS) is 17.8. The number of thiocarbonyl (C=S) groups is 1. The van der Waals surface area contributed by atoms with Gasteiger partial charge in [-0.15, -0.1) is 0 Å². The lowest BCUT2D eigenvalue weighted by Gasteiger charge is -2.29. The molecule has 2 atom stereocenters. The maximum Gasteiger partial charge on any atom is 0.174 e. The number of methoxy groups -OCH3 is 1. The van der Waals surface area contributed by atoms with Crippen LogP contribution in [0.25, 0.3) is 5.69 Å². The topological polar surface area (TPSA) is 55.2 Å². The van der Waals surface area contributed by atoms with Crippen molar-refractivity contribution >= 4 is 34.6 Å². The second-order valence-corrected chi connectivity index (χ2v) is 8.56. The van der Waals surface area contributed by atoms with Crippen LogP contribution in [0, 0.1) is 6.92 Å². The molecule has 4 heterocycles. The van der Waals surface area contributed by atoms with E-state index in [0.717, 1.165) is 28.5 Å². The molecule has 6 nitrogen and oxygen atoms in total. The highest BCUT2D eigenvalue weighted by atomic mass is 35.5. The number of nitrogens with one attached hydrogen (secondary N) is 1. The van der Waals surface area contributed by atoms with Crippen molar-refractivity contribution in [3.63, 3.8) is 0 Å². The third-order valence-electron chi connectivity index (χ3n) is 5.83. The SMILES string of the molecule is COc1ccc(N2C(=S)NC(c3ccccn3)C2c2ccc(C)n2-c2cccnc2)cc1Cl. The summed E-state index contributed by atoms with van der Waals surface area (Å²) in [4.78, 5) is 11.1. The van der Waals surface area contributed by atoms with Gasteiger partial charge in [0.25, 0.3) is 0 Å². The van der Waals surface area contributed by atoms with Gasteiger partial charge in [-0.1, -0.05) is 17.7 Å². The van der Waals surface area contributed by atoms with Crippen LogP contribution in [-0.2, 0) is 0 Å². The largest absolute Gasteiger partial charge is 0.495 e. The fraction of sp³-hybridized carbons (Fsp3) is 0.160. The number of hydrogen-bond acceptors (Lipinski definition) is 4. The summed E-state index contributed by atoms with van der Waals surface area (Å²) in [5.74, 6) is 0.617. The number of halogens is 1. The van der Waals surface area contributed by atoms with Gasteiger partial charge < -0.3 is 19.5 Å². The molecule has 0 aliphatic carbocycles. The van der Waals surface area contributed by atoms with Crippen molar-refractivity contribution in [1.29, 1.82) is 0 Å². The van der Waals surface area contributed by atoms with Crippen LogP contribution < -0.4 is 15.0 Å². The Morgan fingerprint density at radius 2 is 1.91 bits per heavy atom. The van der Waals surface area contributed by atoms with Crippen molar-refractivity contribution in [2.45, 2.75) is 19.0 Å². The minimum Gasteiger partial charge on any atom is -0.495 e. The van der Waals surface area contributed by atoms with Gasteiger partial charge in [0.05, 0.1) is 35.8 Å². The average Bonchev–Trinajstić information content (AvgIpc) is 3.39. The lowest BCUT2D eigenvalue weighted by atomic mass is 10.0. The molecule has 3 aromatic heterocycles. The van der Waals surface area contributed by atoms with Gasteiger partial charge in [-0.2, -0.15) is 0 Å². The summed E-state index contributed by atoms with van der Waals surface area (Å²) >= 11 is 12.3. The predicted molar refractivity (Wildman–Crippen MR) is 134 cm³/mol. The van der Waals surface area contributed by atoms with Crippen molar-refractivity contribution in [2.24, 2.45) is 0 Å². The van der Waals surface area contributed by atoms with E-state index in [1.807, 2.05) is 48.7 Å². The number of ether oxygens (including phenoxy) is 1. The first-order valence-corrected chi connectivity index (χ1v) is 11.3. The van der Waals surface area contributed by atoms with Gasteiger partial charge in [0.2, 0.25) is 0 Å². The maximum absolute atomic E-state index is 6.49. The van der Waals surface area contributed by atoms with Gasteiger partial charge >= 0.3 is 0 Å². The van der Waals surface area contributed by atoms with Crippen LogP contribution in [0.4, 0.5) is 5.69 Å². The van der Waals surface area contributed by atoms with E-state index in [0.29, 0.717) is 15.9 Å². The Bertz CT molecular complexity index is 1290. The summed E-state index contributed by atoms with van der Waals surface area (Å²) in [5, 5.41) is 4.62. The molecule has 0 bridgehead atoms. The fourth-order valence-corrected chi connectivity index (χ4v) is 4.96. The van der Waals surface area contributed by atoms with Crippen molar-refractivity contribution < 1.29 is 4.74 Å². The van der Waals surface area contributed by atoms with E-state index >= 15 is 0 Å². The first kappa shape index (κ1) is 21.4. The Balaban J connectivity index is 1.69. The summed E-state index contributed by atoms with van der Waals surface area (Å²) in [7, 11) is 1.60. The molecule has 1 aliphatic rings. The molecule has 0 amide bonds. The molecule has 1 saturated heterocycles. The van der Waals surface area contributed by atoms with E-state index in [-0.39, 0.29) is 12.1 Å². The fourth-order valence-electron chi connectivity index (χ4n) is 4.37. The summed E-state index contributed by atoms with van der Waals surface area (Å²) in [6.07, 6.45) is 5.44. The number of rotatable bonds is 5. The molecule has 1 fully saturated rings. The smallest absolute Gasteiger partial charge is 0.174 e. The van der Waals surface area contributed by atoms with Crippen molar-refractivity contribution in [2.75, 3.05) is 12.0 Å². The number of nitrogens with zero attached hydrogens (tertiary/aromatic N) is 4. The van der Waals surface area contributed by atoms with Gasteiger partial charge in [0.15, 0.2) is 5.11 Å². The van der Waals surface area contributed by atoms with Gasteiger partial charge in [0.1, 0.15) is 11.8 Å². The molecule has 0 saturated carbocycles. The standard InChI is InChI=1S/C25H22ClN5OS/c1-16-8-10-21(30(16)18-6-5-12-27-15-18)24-23(20-7-3-4-13-28-20)29-25(33)31(24)17-9-11-22(32-2)19(26)14-17/h3-15,23-24H,1-2H3,(H,29,33). The Kier molecular flexibility index (Phi) is 5.74. The number of pyridine rings is 2. The van der Waals surface area contributed by atoms with E-state index in [4.69, 9.17) is 28.6 Å². The number of hydrogen-bond donors (Lipinski definition) is 1. The van der Waals surface area contributed by atoms with Crippen molar-refractivity contribution in [3.8, 4) is 11.4 Å². The summed E-state index contributed by atoms with van der Waals surface area (Å²) in [6, 6.07) is 19.5. The Hall–Kier alpha value is -3.42. The number of benzene rings is 1. The zero-order chi connectivity index (χ0) is 22.9. The average molecular weight is 476 g/mol. The lowest BCUT2D eigenvalue weighted by molar-refractivity contribution is 0.415. The minimum absolute atomic E-state index is 0.163. The molecule has 0 radical (unpaired) electrons. The zero-order valence-electron chi connectivity index (χ0n) is 18.1. The molecule has 8 heteroatoms. The van der Waals surface area contributed by atoms with E-state index in [1.54, 1.807) is 19.5 Å². The van der Waals surface area contributed by atoms with E-state index in [1.165, 1.54) is 0 Å². The van der Waals surface area contributed by atoms with E-state index in [2.05, 4.69) is 49.9 Å². The second-order valence-electron chi connectivity index (χ2n) is 7.76. The molecule has 4 aromatic rings. The van der Waals surface area contributed by atoms with Gasteiger partial charge in [-0.3, -0.25) is 9.97 Å². The first-order valence-electron chi connectivity index (χ1n) is 10.5. The molecule has 1 N–H and O–H groups in total. The quantitative estimate of drug-likeness (QED) is 0.389. The van der Waals surface area contributed by atoms with Crippen LogP contribution in [0.1, 0.15) is 29.2 Å². The van der Waals surface area contributed by atoms with Gasteiger partial charge in [0, 0.05) is 29.5 Å². The predicted octanol–water partition coefficient (Wildman–Crippen LogP) is 5.41. The highest BCUT2D eigenvalue weighted by Gasteiger charge is 2.42. The number of aryl methyl sites for hydroxylation is 1. The van der Waals surface area contributed by atoms with Crippen LogP contribution in [0.5, 0.6) is 5.75 Å². The molecular formula is C25H22ClN5OS. The van der Waals surface area contributed by atoms with Gasteiger partial charge in [-0.25, -0.2) is 0 Å². The van der Waals surface area contributed by atoms with Crippen molar-refractivity contribution in [3.05, 3.63) is 101 Å². The van der Waals surface area contributed by atoms with Crippen LogP contribution in [0.2, 0.25) is 5.02 Å². The third kappa shape index (κ3) is 3.83. The summed E-state index contributed by atoms with van der Waals surface area (Å²) in [6.45, 7) is 2.08. The molecular weight excluding hydrogens is 454 g/mol. The Morgan fingerprint density at radius 1 is 1.03 bits per heavy atom. The molecule has 0 spiro atoms. The second kappa shape index (κ2) is 8.84. The molecule has 166 valence electrons.